The molecule has 0 saturated carbocycles. The second kappa shape index (κ2) is 6.10. The minimum Gasteiger partial charge on any atom is -0.456 e. The van der Waals surface area contributed by atoms with Gasteiger partial charge in [0.2, 0.25) is 0 Å². The van der Waals surface area contributed by atoms with Gasteiger partial charge in [0.15, 0.2) is 5.78 Å². The first kappa shape index (κ1) is 14.6. The maximum atomic E-state index is 11.3. The standard InChI is InChI=1S/C17H17ClO2/c1-11(2)13-5-4-6-15(9-13)20-17-8-7-14(12(3)19)10-16(17)18/h4-11H,1-3H3. The van der Waals surface area contributed by atoms with Crippen molar-refractivity contribution in [2.45, 2.75) is 26.7 Å². The first-order valence-corrected chi connectivity index (χ1v) is 6.93. The summed E-state index contributed by atoms with van der Waals surface area (Å²) in [5, 5.41) is 0.438. The van der Waals surface area contributed by atoms with E-state index in [9.17, 15) is 4.79 Å². The Morgan fingerprint density at radius 2 is 1.90 bits per heavy atom. The van der Waals surface area contributed by atoms with Gasteiger partial charge in [0.25, 0.3) is 0 Å². The highest BCUT2D eigenvalue weighted by molar-refractivity contribution is 6.32. The van der Waals surface area contributed by atoms with Crippen molar-refractivity contribution in [3.63, 3.8) is 0 Å². The Hall–Kier alpha value is -1.80. The average Bonchev–Trinajstić information content (AvgIpc) is 2.41. The first-order valence-electron chi connectivity index (χ1n) is 6.55. The van der Waals surface area contributed by atoms with Crippen molar-refractivity contribution in [3.05, 3.63) is 58.6 Å². The molecular formula is C17H17ClO2. The third-order valence-electron chi connectivity index (χ3n) is 3.09. The van der Waals surface area contributed by atoms with Crippen molar-refractivity contribution in [1.29, 1.82) is 0 Å². The molecular weight excluding hydrogens is 272 g/mol. The Bertz CT molecular complexity index is 633. The molecule has 0 fully saturated rings. The molecule has 20 heavy (non-hydrogen) atoms. The van der Waals surface area contributed by atoms with E-state index in [4.69, 9.17) is 16.3 Å². The molecule has 0 aromatic heterocycles. The Morgan fingerprint density at radius 3 is 2.50 bits per heavy atom. The van der Waals surface area contributed by atoms with Crippen LogP contribution in [-0.2, 0) is 0 Å². The van der Waals surface area contributed by atoms with Crippen LogP contribution < -0.4 is 4.74 Å². The van der Waals surface area contributed by atoms with E-state index in [1.165, 1.54) is 12.5 Å². The zero-order chi connectivity index (χ0) is 14.7. The van der Waals surface area contributed by atoms with Crippen molar-refractivity contribution in [2.75, 3.05) is 0 Å². The van der Waals surface area contributed by atoms with E-state index < -0.39 is 0 Å². The average molecular weight is 289 g/mol. The van der Waals surface area contributed by atoms with Gasteiger partial charge in [-0.25, -0.2) is 0 Å². The molecule has 3 heteroatoms. The lowest BCUT2D eigenvalue weighted by Crippen LogP contribution is -1.93. The normalized spacial score (nSPS) is 10.7. The molecule has 104 valence electrons. The molecule has 0 aliphatic heterocycles. The molecule has 0 spiro atoms. The minimum absolute atomic E-state index is 0.0137. The van der Waals surface area contributed by atoms with Crippen LogP contribution in [0.15, 0.2) is 42.5 Å². The highest BCUT2D eigenvalue weighted by atomic mass is 35.5. The number of ether oxygens (including phenoxy) is 1. The molecule has 0 N–H and O–H groups in total. The van der Waals surface area contributed by atoms with Gasteiger partial charge < -0.3 is 4.74 Å². The van der Waals surface area contributed by atoms with Crippen LogP contribution in [0.3, 0.4) is 0 Å². The van der Waals surface area contributed by atoms with E-state index in [0.717, 1.165) is 5.75 Å². The second-order valence-electron chi connectivity index (χ2n) is 5.03. The summed E-state index contributed by atoms with van der Waals surface area (Å²) in [7, 11) is 0. The summed E-state index contributed by atoms with van der Waals surface area (Å²) in [5.74, 6) is 1.72. The van der Waals surface area contributed by atoms with E-state index >= 15 is 0 Å². The first-order chi connectivity index (χ1) is 9.47. The summed E-state index contributed by atoms with van der Waals surface area (Å²) in [6.07, 6.45) is 0. The molecule has 2 rings (SSSR count). The monoisotopic (exact) mass is 288 g/mol. The second-order valence-corrected chi connectivity index (χ2v) is 5.44. The summed E-state index contributed by atoms with van der Waals surface area (Å²) >= 11 is 6.15. The number of rotatable bonds is 4. The highest BCUT2D eigenvalue weighted by Crippen LogP contribution is 2.31. The van der Waals surface area contributed by atoms with Crippen LogP contribution in [0.4, 0.5) is 0 Å². The Kier molecular flexibility index (Phi) is 4.46. The quantitative estimate of drug-likeness (QED) is 0.698. The van der Waals surface area contributed by atoms with Gasteiger partial charge in [-0.3, -0.25) is 4.79 Å². The minimum atomic E-state index is -0.0137. The van der Waals surface area contributed by atoms with Crippen LogP contribution in [0.5, 0.6) is 11.5 Å². The van der Waals surface area contributed by atoms with E-state index in [-0.39, 0.29) is 5.78 Å². The van der Waals surface area contributed by atoms with Crippen molar-refractivity contribution in [2.24, 2.45) is 0 Å². The lowest BCUT2D eigenvalue weighted by molar-refractivity contribution is 0.101. The molecule has 0 unspecified atom stereocenters. The Labute approximate surface area is 124 Å². The highest BCUT2D eigenvalue weighted by Gasteiger charge is 2.08. The number of carbonyl (C=O) groups is 1. The fourth-order valence-electron chi connectivity index (χ4n) is 1.87. The van der Waals surface area contributed by atoms with Crippen LogP contribution in [-0.4, -0.2) is 5.78 Å². The molecule has 0 aliphatic rings. The number of ketones is 1. The van der Waals surface area contributed by atoms with E-state index in [1.54, 1.807) is 18.2 Å². The zero-order valence-electron chi connectivity index (χ0n) is 11.8. The molecule has 2 nitrogen and oxygen atoms in total. The SMILES string of the molecule is CC(=O)c1ccc(Oc2cccc(C(C)C)c2)c(Cl)c1. The molecule has 0 atom stereocenters. The van der Waals surface area contributed by atoms with E-state index in [2.05, 4.69) is 19.9 Å². The van der Waals surface area contributed by atoms with Gasteiger partial charge in [0.1, 0.15) is 11.5 Å². The van der Waals surface area contributed by atoms with Crippen LogP contribution in [0, 0.1) is 0 Å². The zero-order valence-corrected chi connectivity index (χ0v) is 12.6. The maximum absolute atomic E-state index is 11.3. The van der Waals surface area contributed by atoms with Gasteiger partial charge in [-0.05, 0) is 48.7 Å². The molecule has 0 bridgehead atoms. The van der Waals surface area contributed by atoms with Gasteiger partial charge in [-0.1, -0.05) is 37.6 Å². The number of carbonyl (C=O) groups excluding carboxylic acids is 1. The van der Waals surface area contributed by atoms with Crippen LogP contribution >= 0.6 is 11.6 Å². The molecule has 0 saturated heterocycles. The van der Waals surface area contributed by atoms with Gasteiger partial charge in [-0.2, -0.15) is 0 Å². The summed E-state index contributed by atoms with van der Waals surface area (Å²) < 4.78 is 5.79. The molecule has 0 radical (unpaired) electrons. The number of Topliss-reactive ketones (excluding diaryl/α,β-unsaturated/α-hetero) is 1. The smallest absolute Gasteiger partial charge is 0.159 e. The van der Waals surface area contributed by atoms with Crippen LogP contribution in [0.25, 0.3) is 0 Å². The third-order valence-corrected chi connectivity index (χ3v) is 3.39. The largest absolute Gasteiger partial charge is 0.456 e. The topological polar surface area (TPSA) is 26.3 Å². The molecule has 0 heterocycles. The molecule has 0 aliphatic carbocycles. The van der Waals surface area contributed by atoms with E-state index in [0.29, 0.717) is 22.3 Å². The summed E-state index contributed by atoms with van der Waals surface area (Å²) in [6.45, 7) is 5.78. The molecule has 2 aromatic rings. The summed E-state index contributed by atoms with van der Waals surface area (Å²) in [5.41, 5.74) is 1.79. The van der Waals surface area contributed by atoms with Crippen molar-refractivity contribution < 1.29 is 9.53 Å². The Morgan fingerprint density at radius 1 is 1.15 bits per heavy atom. The number of hydrogen-bond donors (Lipinski definition) is 0. The fraction of sp³-hybridized carbons (Fsp3) is 0.235. The number of benzene rings is 2. The van der Waals surface area contributed by atoms with Gasteiger partial charge in [-0.15, -0.1) is 0 Å². The van der Waals surface area contributed by atoms with Crippen LogP contribution in [0.1, 0.15) is 42.6 Å². The van der Waals surface area contributed by atoms with Gasteiger partial charge in [0.05, 0.1) is 5.02 Å². The summed E-state index contributed by atoms with van der Waals surface area (Å²) in [4.78, 5) is 11.3. The lowest BCUT2D eigenvalue weighted by atomic mass is 10.0. The Balaban J connectivity index is 2.26. The number of hydrogen-bond acceptors (Lipinski definition) is 2. The predicted molar refractivity (Wildman–Crippen MR) is 82.1 cm³/mol. The van der Waals surface area contributed by atoms with Crippen LogP contribution in [0.2, 0.25) is 5.02 Å². The van der Waals surface area contributed by atoms with E-state index in [1.807, 2.05) is 18.2 Å². The lowest BCUT2D eigenvalue weighted by Gasteiger charge is -2.11. The molecule has 2 aromatic carbocycles. The predicted octanol–water partition coefficient (Wildman–Crippen LogP) is 5.46. The third kappa shape index (κ3) is 3.40. The van der Waals surface area contributed by atoms with Gasteiger partial charge in [0, 0.05) is 5.56 Å². The van der Waals surface area contributed by atoms with Crippen molar-refractivity contribution in [3.8, 4) is 11.5 Å². The summed E-state index contributed by atoms with van der Waals surface area (Å²) in [6, 6.07) is 13.0. The van der Waals surface area contributed by atoms with Crippen molar-refractivity contribution in [1.82, 2.24) is 0 Å². The molecule has 0 amide bonds. The van der Waals surface area contributed by atoms with Gasteiger partial charge >= 0.3 is 0 Å². The fourth-order valence-corrected chi connectivity index (χ4v) is 2.09. The number of halogens is 1. The van der Waals surface area contributed by atoms with Crippen molar-refractivity contribution >= 4 is 17.4 Å². The maximum Gasteiger partial charge on any atom is 0.159 e.